The molecular formula is C9H17N3O2S. The van der Waals surface area contributed by atoms with Crippen LogP contribution in [0.2, 0.25) is 0 Å². The molecule has 0 aromatic rings. The predicted molar refractivity (Wildman–Crippen MR) is 58.6 cm³/mol. The molecular weight excluding hydrogens is 214 g/mol. The molecule has 1 aliphatic rings. The minimum absolute atomic E-state index is 0.130. The van der Waals surface area contributed by atoms with Crippen LogP contribution in [0.5, 0.6) is 0 Å². The summed E-state index contributed by atoms with van der Waals surface area (Å²) in [6, 6.07) is -0.566. The standard InChI is InChI=1S/C9H17N3O2S/c1-12(2,3)7(8(13)14)4-6-5-10-9(15)11-6/h5,7,9-11H,4H2,1-3H3,(H-,13,14,15)/t7-,9?/m0/s1. The fraction of sp³-hybridized carbons (Fsp3) is 0.667. The van der Waals surface area contributed by atoms with Crippen LogP contribution in [-0.4, -0.2) is 43.1 Å². The number of nitrogens with zero attached hydrogens (tertiary/aromatic N) is 1. The van der Waals surface area contributed by atoms with E-state index in [0.29, 0.717) is 10.9 Å². The Labute approximate surface area is 95.1 Å². The number of rotatable bonds is 4. The summed E-state index contributed by atoms with van der Waals surface area (Å²) in [6.07, 6.45) is 2.17. The summed E-state index contributed by atoms with van der Waals surface area (Å²) in [4.78, 5) is 11.0. The summed E-state index contributed by atoms with van der Waals surface area (Å²) in [6.45, 7) is 0. The van der Waals surface area contributed by atoms with Gasteiger partial charge in [0.05, 0.1) is 27.1 Å². The first-order valence-corrected chi connectivity index (χ1v) is 5.24. The van der Waals surface area contributed by atoms with Crippen molar-refractivity contribution in [3.05, 3.63) is 11.9 Å². The average Bonchev–Trinajstić information content (AvgIpc) is 2.44. The second kappa shape index (κ2) is 4.32. The monoisotopic (exact) mass is 231 g/mol. The second-order valence-electron chi connectivity index (χ2n) is 4.54. The molecule has 0 amide bonds. The fourth-order valence-corrected chi connectivity index (χ4v) is 1.68. The molecule has 0 aromatic carbocycles. The van der Waals surface area contributed by atoms with Gasteiger partial charge in [0.2, 0.25) is 0 Å². The lowest BCUT2D eigenvalue weighted by molar-refractivity contribution is -0.889. The van der Waals surface area contributed by atoms with Gasteiger partial charge in [-0.05, 0) is 0 Å². The van der Waals surface area contributed by atoms with Crippen molar-refractivity contribution in [2.75, 3.05) is 21.1 Å². The molecule has 1 aliphatic heterocycles. The van der Waals surface area contributed by atoms with Gasteiger partial charge in [-0.15, -0.1) is 12.6 Å². The Bertz CT molecular complexity index is 286. The van der Waals surface area contributed by atoms with Gasteiger partial charge in [-0.3, -0.25) is 0 Å². The second-order valence-corrected chi connectivity index (χ2v) is 5.05. The molecule has 2 N–H and O–H groups in total. The first-order valence-electron chi connectivity index (χ1n) is 4.72. The number of hydrogen-bond acceptors (Lipinski definition) is 5. The SMILES string of the molecule is C[N+](C)(C)[C@@H](CC1=CNC(S)N1)C(=O)[O-]. The van der Waals surface area contributed by atoms with Gasteiger partial charge < -0.3 is 25.0 Å². The van der Waals surface area contributed by atoms with Crippen LogP contribution in [0.3, 0.4) is 0 Å². The van der Waals surface area contributed by atoms with E-state index >= 15 is 0 Å². The molecule has 5 nitrogen and oxygen atoms in total. The number of carbonyl (C=O) groups is 1. The summed E-state index contributed by atoms with van der Waals surface area (Å²) >= 11 is 4.16. The molecule has 0 saturated carbocycles. The number of hydrogen-bond donors (Lipinski definition) is 3. The Morgan fingerprint density at radius 2 is 2.27 bits per heavy atom. The highest BCUT2D eigenvalue weighted by Gasteiger charge is 2.27. The van der Waals surface area contributed by atoms with Crippen LogP contribution in [0.25, 0.3) is 0 Å². The van der Waals surface area contributed by atoms with E-state index in [0.717, 1.165) is 5.70 Å². The van der Waals surface area contributed by atoms with E-state index in [-0.39, 0.29) is 5.50 Å². The van der Waals surface area contributed by atoms with Crippen molar-refractivity contribution >= 4 is 18.6 Å². The summed E-state index contributed by atoms with van der Waals surface area (Å²) < 4.78 is 0.332. The smallest absolute Gasteiger partial charge is 0.142 e. The van der Waals surface area contributed by atoms with Crippen molar-refractivity contribution in [3.8, 4) is 0 Å². The van der Waals surface area contributed by atoms with Crippen molar-refractivity contribution in [2.24, 2.45) is 0 Å². The number of carboxylic acids is 1. The van der Waals surface area contributed by atoms with Crippen molar-refractivity contribution in [1.29, 1.82) is 0 Å². The van der Waals surface area contributed by atoms with Gasteiger partial charge >= 0.3 is 0 Å². The highest BCUT2D eigenvalue weighted by Crippen LogP contribution is 2.14. The van der Waals surface area contributed by atoms with Gasteiger partial charge in [0.15, 0.2) is 0 Å². The van der Waals surface area contributed by atoms with Crippen LogP contribution in [0.15, 0.2) is 11.9 Å². The lowest BCUT2D eigenvalue weighted by Gasteiger charge is -2.34. The highest BCUT2D eigenvalue weighted by molar-refractivity contribution is 7.80. The Hall–Kier alpha value is -0.880. The Morgan fingerprint density at radius 3 is 2.60 bits per heavy atom. The Balaban J connectivity index is 2.64. The van der Waals surface area contributed by atoms with Crippen molar-refractivity contribution in [3.63, 3.8) is 0 Å². The summed E-state index contributed by atoms with van der Waals surface area (Å²) in [7, 11) is 5.50. The highest BCUT2D eigenvalue weighted by atomic mass is 32.1. The third kappa shape index (κ3) is 3.32. The van der Waals surface area contributed by atoms with Crippen LogP contribution in [0.4, 0.5) is 0 Å². The molecule has 0 aliphatic carbocycles. The minimum atomic E-state index is -1.03. The molecule has 0 aromatic heterocycles. The largest absolute Gasteiger partial charge is 0.544 e. The molecule has 6 heteroatoms. The van der Waals surface area contributed by atoms with E-state index < -0.39 is 12.0 Å². The van der Waals surface area contributed by atoms with Crippen LogP contribution >= 0.6 is 12.6 Å². The summed E-state index contributed by atoms with van der Waals surface area (Å²) in [5.41, 5.74) is 0.715. The van der Waals surface area contributed by atoms with E-state index in [2.05, 4.69) is 23.3 Å². The number of carboxylic acid groups (broad SMARTS) is 1. The zero-order chi connectivity index (χ0) is 11.6. The zero-order valence-electron chi connectivity index (χ0n) is 9.15. The maximum absolute atomic E-state index is 11.0. The lowest BCUT2D eigenvalue weighted by Crippen LogP contribution is -2.55. The van der Waals surface area contributed by atoms with Crippen LogP contribution < -0.4 is 15.7 Å². The first kappa shape index (κ1) is 12.2. The molecule has 0 radical (unpaired) electrons. The fourth-order valence-electron chi connectivity index (χ4n) is 1.44. The van der Waals surface area contributed by atoms with E-state index in [1.807, 2.05) is 21.1 Å². The molecule has 1 heterocycles. The molecule has 2 atom stereocenters. The maximum atomic E-state index is 11.0. The molecule has 1 unspecified atom stereocenters. The van der Waals surface area contributed by atoms with Gasteiger partial charge in [0.25, 0.3) is 0 Å². The van der Waals surface area contributed by atoms with E-state index in [1.54, 1.807) is 6.20 Å². The van der Waals surface area contributed by atoms with Gasteiger partial charge in [-0.2, -0.15) is 0 Å². The topological polar surface area (TPSA) is 64.2 Å². The number of carbonyl (C=O) groups excluding carboxylic acids is 1. The van der Waals surface area contributed by atoms with Gasteiger partial charge in [-0.25, -0.2) is 0 Å². The van der Waals surface area contributed by atoms with Crippen molar-refractivity contribution < 1.29 is 14.4 Å². The number of nitrogens with one attached hydrogen (secondary N) is 2. The van der Waals surface area contributed by atoms with Crippen LogP contribution in [0, 0.1) is 0 Å². The minimum Gasteiger partial charge on any atom is -0.544 e. The number of likely N-dealkylation sites (N-methyl/N-ethyl adjacent to an activating group) is 1. The quantitative estimate of drug-likeness (QED) is 0.405. The molecule has 86 valence electrons. The van der Waals surface area contributed by atoms with Gasteiger partial charge in [-0.1, -0.05) is 0 Å². The molecule has 0 spiro atoms. The normalized spacial score (nSPS) is 22.7. The third-order valence-corrected chi connectivity index (χ3v) is 2.64. The Kier molecular flexibility index (Phi) is 3.51. The molecule has 0 fully saturated rings. The predicted octanol–water partition coefficient (Wildman–Crippen LogP) is -1.55. The zero-order valence-corrected chi connectivity index (χ0v) is 10.0. The van der Waals surface area contributed by atoms with E-state index in [9.17, 15) is 9.90 Å². The molecule has 1 rings (SSSR count). The number of thiol groups is 1. The summed E-state index contributed by atoms with van der Waals surface area (Å²) in [5, 5.41) is 17.0. The van der Waals surface area contributed by atoms with E-state index in [4.69, 9.17) is 0 Å². The van der Waals surface area contributed by atoms with Crippen molar-refractivity contribution in [1.82, 2.24) is 10.6 Å². The van der Waals surface area contributed by atoms with Crippen LogP contribution in [0.1, 0.15) is 6.42 Å². The average molecular weight is 231 g/mol. The first-order chi connectivity index (χ1) is 6.80. The summed E-state index contributed by atoms with van der Waals surface area (Å²) in [5.74, 6) is -1.03. The number of quaternary nitrogens is 1. The van der Waals surface area contributed by atoms with Gasteiger partial charge in [0, 0.05) is 18.3 Å². The van der Waals surface area contributed by atoms with Gasteiger partial charge in [0.1, 0.15) is 11.5 Å². The third-order valence-electron chi connectivity index (χ3n) is 2.36. The lowest BCUT2D eigenvalue weighted by atomic mass is 10.1. The Morgan fingerprint density at radius 1 is 1.67 bits per heavy atom. The van der Waals surface area contributed by atoms with E-state index in [1.165, 1.54) is 0 Å². The number of aliphatic carboxylic acids is 1. The molecule has 0 saturated heterocycles. The molecule has 15 heavy (non-hydrogen) atoms. The van der Waals surface area contributed by atoms with Crippen LogP contribution in [-0.2, 0) is 4.79 Å². The molecule has 0 bridgehead atoms. The maximum Gasteiger partial charge on any atom is 0.142 e. The van der Waals surface area contributed by atoms with Crippen molar-refractivity contribution in [2.45, 2.75) is 18.0 Å².